The number of hydrogen-bond donors (Lipinski definition) is 2. The molecular weight excluding hydrogens is 464 g/mol. The van der Waals surface area contributed by atoms with Gasteiger partial charge in [-0.25, -0.2) is 4.39 Å². The molecule has 0 saturated carbocycles. The van der Waals surface area contributed by atoms with E-state index in [1.807, 2.05) is 30.3 Å². The van der Waals surface area contributed by atoms with E-state index in [9.17, 15) is 22.7 Å². The van der Waals surface area contributed by atoms with Gasteiger partial charge in [0.05, 0.1) is 36.0 Å². The first-order chi connectivity index (χ1) is 16.7. The molecule has 3 aromatic rings. The van der Waals surface area contributed by atoms with Gasteiger partial charge in [0.1, 0.15) is 19.3 Å². The molecular formula is C25H28F4N4O2. The number of nitrogens with zero attached hydrogens (tertiary/aromatic N) is 3. The molecule has 2 heterocycles. The van der Waals surface area contributed by atoms with Crippen molar-refractivity contribution >= 4 is 0 Å². The van der Waals surface area contributed by atoms with Crippen LogP contribution in [0.2, 0.25) is 0 Å². The van der Waals surface area contributed by atoms with Gasteiger partial charge in [-0.15, -0.1) is 10.2 Å². The molecule has 1 fully saturated rings. The highest BCUT2D eigenvalue weighted by atomic mass is 19.4. The van der Waals surface area contributed by atoms with Gasteiger partial charge in [-0.3, -0.25) is 0 Å². The molecule has 10 heteroatoms. The monoisotopic (exact) mass is 492 g/mol. The van der Waals surface area contributed by atoms with Gasteiger partial charge < -0.3 is 19.7 Å². The average Bonchev–Trinajstić information content (AvgIpc) is 3.43. The van der Waals surface area contributed by atoms with E-state index in [4.69, 9.17) is 4.74 Å². The van der Waals surface area contributed by atoms with Crippen LogP contribution in [0.5, 0.6) is 0 Å². The van der Waals surface area contributed by atoms with Gasteiger partial charge in [0.2, 0.25) is 0 Å². The third kappa shape index (κ3) is 5.24. The van der Waals surface area contributed by atoms with Crippen LogP contribution in [0.1, 0.15) is 48.1 Å². The summed E-state index contributed by atoms with van der Waals surface area (Å²) in [5.74, 6) is 0. The lowest BCUT2D eigenvalue weighted by Gasteiger charge is -2.47. The second-order valence-corrected chi connectivity index (χ2v) is 9.10. The summed E-state index contributed by atoms with van der Waals surface area (Å²) in [6, 6.07) is 12.9. The minimum Gasteiger partial charge on any atom is -0.394 e. The Hall–Kier alpha value is -2.82. The summed E-state index contributed by atoms with van der Waals surface area (Å²) in [7, 11) is 0. The van der Waals surface area contributed by atoms with Crippen molar-refractivity contribution in [3.63, 3.8) is 0 Å². The minimum atomic E-state index is -4.58. The predicted molar refractivity (Wildman–Crippen MR) is 121 cm³/mol. The van der Waals surface area contributed by atoms with Crippen LogP contribution < -0.4 is 5.32 Å². The second-order valence-electron chi connectivity index (χ2n) is 9.10. The maximum atomic E-state index is 13.3. The molecule has 4 rings (SSSR count). The molecule has 1 aliphatic rings. The lowest BCUT2D eigenvalue weighted by atomic mass is 9.76. The number of benzene rings is 2. The summed E-state index contributed by atoms with van der Waals surface area (Å²) in [5, 5.41) is 21.5. The first-order valence-electron chi connectivity index (χ1n) is 11.4. The molecule has 0 spiro atoms. The number of halogens is 4. The highest BCUT2D eigenvalue weighted by molar-refractivity contribution is 5.33. The van der Waals surface area contributed by atoms with Crippen LogP contribution in [-0.4, -0.2) is 39.6 Å². The predicted octanol–water partition coefficient (Wildman–Crippen LogP) is 4.51. The molecule has 0 unspecified atom stereocenters. The number of hydrogen-bond acceptors (Lipinski definition) is 5. The average molecular weight is 493 g/mol. The Bertz CT molecular complexity index is 1100. The van der Waals surface area contributed by atoms with Gasteiger partial charge in [-0.1, -0.05) is 36.4 Å². The van der Waals surface area contributed by atoms with Gasteiger partial charge in [-0.2, -0.15) is 13.2 Å². The minimum absolute atomic E-state index is 0.0412. The molecule has 188 valence electrons. The van der Waals surface area contributed by atoms with Crippen molar-refractivity contribution in [1.82, 2.24) is 20.1 Å². The smallest absolute Gasteiger partial charge is 0.394 e. The summed E-state index contributed by atoms with van der Waals surface area (Å²) in [5.41, 5.74) is -0.956. The van der Waals surface area contributed by atoms with Gasteiger partial charge in [0.15, 0.2) is 0 Å². The van der Waals surface area contributed by atoms with Crippen molar-refractivity contribution < 1.29 is 27.4 Å². The Morgan fingerprint density at radius 1 is 1.11 bits per heavy atom. The van der Waals surface area contributed by atoms with Crippen LogP contribution in [0.4, 0.5) is 17.6 Å². The van der Waals surface area contributed by atoms with Crippen molar-refractivity contribution in [2.45, 2.75) is 49.8 Å². The Kier molecular flexibility index (Phi) is 7.25. The van der Waals surface area contributed by atoms with E-state index < -0.39 is 35.6 Å². The van der Waals surface area contributed by atoms with E-state index in [0.717, 1.165) is 17.7 Å². The van der Waals surface area contributed by atoms with Gasteiger partial charge in [0, 0.05) is 6.54 Å². The van der Waals surface area contributed by atoms with E-state index in [-0.39, 0.29) is 24.3 Å². The highest BCUT2D eigenvalue weighted by Gasteiger charge is 2.45. The maximum Gasteiger partial charge on any atom is 0.416 e. The van der Waals surface area contributed by atoms with Crippen LogP contribution >= 0.6 is 0 Å². The molecule has 2 N–H and O–H groups in total. The van der Waals surface area contributed by atoms with Crippen molar-refractivity contribution in [2.24, 2.45) is 0 Å². The molecule has 0 bridgehead atoms. The van der Waals surface area contributed by atoms with Crippen molar-refractivity contribution in [1.29, 1.82) is 0 Å². The van der Waals surface area contributed by atoms with Gasteiger partial charge >= 0.3 is 6.18 Å². The fourth-order valence-corrected chi connectivity index (χ4v) is 4.61. The molecule has 1 aliphatic heterocycles. The Morgan fingerprint density at radius 2 is 1.83 bits per heavy atom. The standard InChI is InChI=1S/C25H28F4N4O2/c1-18(20-9-19(12-26)10-22(11-20)25(27,28)29)35-15-24(21-5-3-2-4-6-21)8-7-23(14-34,13-30-24)33-16-31-32-17-33/h2-6,9-11,16-18,30,34H,7-8,12-15H2,1H3/t18-,23-,24+/m0/s1. The highest BCUT2D eigenvalue weighted by Crippen LogP contribution is 2.39. The topological polar surface area (TPSA) is 72.2 Å². The number of ether oxygens (including phenoxy) is 1. The number of nitrogens with one attached hydrogen (secondary N) is 1. The summed E-state index contributed by atoms with van der Waals surface area (Å²) < 4.78 is 61.2. The normalized spacial score (nSPS) is 23.8. The quantitative estimate of drug-likeness (QED) is 0.453. The zero-order chi connectivity index (χ0) is 25.1. The van der Waals surface area contributed by atoms with E-state index in [1.54, 1.807) is 24.1 Å². The Balaban J connectivity index is 1.57. The van der Waals surface area contributed by atoms with Crippen LogP contribution in [-0.2, 0) is 28.7 Å². The summed E-state index contributed by atoms with van der Waals surface area (Å²) in [6.07, 6.45) is -0.958. The van der Waals surface area contributed by atoms with Crippen molar-refractivity contribution in [3.05, 3.63) is 83.4 Å². The zero-order valence-electron chi connectivity index (χ0n) is 19.3. The second kappa shape index (κ2) is 10.0. The number of aliphatic hydroxyl groups excluding tert-OH is 1. The van der Waals surface area contributed by atoms with Crippen LogP contribution in [0.3, 0.4) is 0 Å². The molecule has 6 nitrogen and oxygen atoms in total. The third-order valence-corrected chi connectivity index (χ3v) is 6.91. The van der Waals surface area contributed by atoms with E-state index >= 15 is 0 Å². The number of aliphatic hydroxyl groups is 1. The first-order valence-corrected chi connectivity index (χ1v) is 11.4. The van der Waals surface area contributed by atoms with Gasteiger partial charge in [-0.05, 0) is 48.6 Å². The van der Waals surface area contributed by atoms with Crippen LogP contribution in [0.25, 0.3) is 0 Å². The first kappa shape index (κ1) is 25.3. The van der Waals surface area contributed by atoms with Gasteiger partial charge in [0.25, 0.3) is 0 Å². The molecule has 2 aromatic carbocycles. The summed E-state index contributed by atoms with van der Waals surface area (Å²) >= 11 is 0. The molecule has 0 amide bonds. The molecule has 0 radical (unpaired) electrons. The summed E-state index contributed by atoms with van der Waals surface area (Å²) in [4.78, 5) is 0. The summed E-state index contributed by atoms with van der Waals surface area (Å²) in [6.45, 7) is 1.13. The molecule has 1 aromatic heterocycles. The fourth-order valence-electron chi connectivity index (χ4n) is 4.61. The number of piperidine rings is 1. The largest absolute Gasteiger partial charge is 0.416 e. The van der Waals surface area contributed by atoms with Crippen molar-refractivity contribution in [2.75, 3.05) is 19.8 Å². The fraction of sp³-hybridized carbons (Fsp3) is 0.440. The lowest BCUT2D eigenvalue weighted by Crippen LogP contribution is -2.60. The number of alkyl halides is 4. The third-order valence-electron chi connectivity index (χ3n) is 6.91. The van der Waals surface area contributed by atoms with E-state index in [1.165, 1.54) is 6.07 Å². The number of aromatic nitrogens is 3. The van der Waals surface area contributed by atoms with Crippen LogP contribution in [0, 0.1) is 0 Å². The van der Waals surface area contributed by atoms with E-state index in [2.05, 4.69) is 15.5 Å². The molecule has 0 aliphatic carbocycles. The Morgan fingerprint density at radius 3 is 2.40 bits per heavy atom. The van der Waals surface area contributed by atoms with Crippen LogP contribution in [0.15, 0.2) is 61.2 Å². The SMILES string of the molecule is C[C@H](OC[C@@]1(c2ccccc2)CC[C@](CO)(n2cnnc2)CN1)c1cc(CF)cc(C(F)(F)F)c1. The molecule has 35 heavy (non-hydrogen) atoms. The molecule has 1 saturated heterocycles. The van der Waals surface area contributed by atoms with Crippen molar-refractivity contribution in [3.8, 4) is 0 Å². The zero-order valence-corrected chi connectivity index (χ0v) is 19.3. The number of rotatable bonds is 8. The van der Waals surface area contributed by atoms with E-state index in [0.29, 0.717) is 19.4 Å². The lowest BCUT2D eigenvalue weighted by molar-refractivity contribution is -0.137. The maximum absolute atomic E-state index is 13.3. The Labute approximate surface area is 201 Å². The molecule has 3 atom stereocenters.